The minimum atomic E-state index is -1.06. The van der Waals surface area contributed by atoms with Crippen LogP contribution in [0.2, 0.25) is 37.3 Å². The molecule has 0 spiro atoms. The van der Waals surface area contributed by atoms with Gasteiger partial charge in [0.25, 0.3) is 0 Å². The molecule has 0 aromatic heterocycles. The van der Waals surface area contributed by atoms with E-state index in [0.717, 1.165) is 0 Å². The van der Waals surface area contributed by atoms with Gasteiger partial charge in [-0.2, -0.15) is 0 Å². The lowest BCUT2D eigenvalue weighted by molar-refractivity contribution is 0.729. The van der Waals surface area contributed by atoms with Gasteiger partial charge < -0.3 is 5.32 Å². The van der Waals surface area contributed by atoms with Gasteiger partial charge in [-0.1, -0.05) is 58.0 Å². The molecule has 0 saturated heterocycles. The fraction of sp³-hybridized carbons (Fsp3) is 0.857. The van der Waals surface area contributed by atoms with Gasteiger partial charge in [0, 0.05) is 0 Å². The molecule has 102 valence electrons. The summed E-state index contributed by atoms with van der Waals surface area (Å²) in [5.41, 5.74) is 2.22. The van der Waals surface area contributed by atoms with Gasteiger partial charge in [0.05, 0.1) is 16.1 Å². The van der Waals surface area contributed by atoms with Crippen LogP contribution in [-0.4, -0.2) is 28.9 Å². The molecular formula is C14H33NSi2. The van der Waals surface area contributed by atoms with Crippen LogP contribution in [0.15, 0.2) is 12.3 Å². The summed E-state index contributed by atoms with van der Waals surface area (Å²) >= 11 is 0. The summed E-state index contributed by atoms with van der Waals surface area (Å²) < 4.78 is 0. The minimum absolute atomic E-state index is 0.942. The summed E-state index contributed by atoms with van der Waals surface area (Å²) in [6, 6.07) is 5.67. The third-order valence-corrected chi connectivity index (χ3v) is 12.7. The van der Waals surface area contributed by atoms with E-state index in [1.807, 2.05) is 0 Å². The summed E-state index contributed by atoms with van der Waals surface area (Å²) in [5.74, 6) is 0. The lowest BCUT2D eigenvalue weighted by Crippen LogP contribution is -2.44. The Hall–Kier alpha value is 0.134. The van der Waals surface area contributed by atoms with Gasteiger partial charge in [0.2, 0.25) is 0 Å². The van der Waals surface area contributed by atoms with Gasteiger partial charge in [-0.15, -0.1) is 12.3 Å². The lowest BCUT2D eigenvalue weighted by Gasteiger charge is -2.28. The van der Waals surface area contributed by atoms with Crippen LogP contribution in [-0.2, 0) is 0 Å². The highest BCUT2D eigenvalue weighted by Crippen LogP contribution is 2.19. The smallest absolute Gasteiger partial charge is 0.0710 e. The van der Waals surface area contributed by atoms with E-state index in [2.05, 4.69) is 51.5 Å². The van der Waals surface area contributed by atoms with Crippen molar-refractivity contribution >= 4 is 16.1 Å². The molecule has 3 heteroatoms. The Labute approximate surface area is 111 Å². The fourth-order valence-electron chi connectivity index (χ4n) is 2.25. The summed E-state index contributed by atoms with van der Waals surface area (Å²) in [6.07, 6.45) is 2.65. The highest BCUT2D eigenvalue weighted by molar-refractivity contribution is 6.82. The van der Waals surface area contributed by atoms with E-state index >= 15 is 0 Å². The zero-order valence-electron chi connectivity index (χ0n) is 12.7. The van der Waals surface area contributed by atoms with Crippen LogP contribution in [0.25, 0.3) is 0 Å². The maximum absolute atomic E-state index is 3.96. The molecule has 0 aliphatic rings. The molecule has 0 aromatic rings. The Balaban J connectivity index is 3.80. The van der Waals surface area contributed by atoms with Crippen molar-refractivity contribution in [2.45, 2.75) is 64.5 Å². The Morgan fingerprint density at radius 1 is 1.06 bits per heavy atom. The van der Waals surface area contributed by atoms with Crippen molar-refractivity contribution < 1.29 is 0 Å². The summed E-state index contributed by atoms with van der Waals surface area (Å²) in [6.45, 7) is 17.1. The van der Waals surface area contributed by atoms with Gasteiger partial charge in [0.15, 0.2) is 0 Å². The third-order valence-electron chi connectivity index (χ3n) is 4.48. The molecule has 17 heavy (non-hydrogen) atoms. The quantitative estimate of drug-likeness (QED) is 0.457. The van der Waals surface area contributed by atoms with Gasteiger partial charge in [-0.25, -0.2) is 0 Å². The molecule has 0 bridgehead atoms. The lowest BCUT2D eigenvalue weighted by atomic mass is 10.5. The van der Waals surface area contributed by atoms with Gasteiger partial charge in [-0.05, 0) is 19.1 Å². The van der Waals surface area contributed by atoms with Crippen LogP contribution < -0.4 is 5.32 Å². The van der Waals surface area contributed by atoms with Gasteiger partial charge >= 0.3 is 0 Å². The predicted octanol–water partition coefficient (Wildman–Crippen LogP) is 4.45. The molecule has 0 aliphatic carbocycles. The molecule has 1 N–H and O–H groups in total. The first-order chi connectivity index (χ1) is 7.95. The van der Waals surface area contributed by atoms with E-state index < -0.39 is 16.1 Å². The predicted molar refractivity (Wildman–Crippen MR) is 87.2 cm³/mol. The van der Waals surface area contributed by atoms with Crippen molar-refractivity contribution in [1.29, 1.82) is 0 Å². The largest absolute Gasteiger partial charge is 0.319 e. The highest BCUT2D eigenvalue weighted by Gasteiger charge is 2.25. The van der Waals surface area contributed by atoms with Gasteiger partial charge in [0.1, 0.15) is 0 Å². The maximum Gasteiger partial charge on any atom is 0.0710 e. The Morgan fingerprint density at radius 3 is 2.00 bits per heavy atom. The second kappa shape index (κ2) is 8.27. The number of rotatable bonds is 10. The molecule has 0 aliphatic heterocycles. The van der Waals surface area contributed by atoms with Crippen LogP contribution in [0.3, 0.4) is 0 Å². The topological polar surface area (TPSA) is 12.0 Å². The maximum atomic E-state index is 3.96. The Morgan fingerprint density at radius 2 is 1.59 bits per heavy atom. The first-order valence-corrected chi connectivity index (χ1v) is 13.4. The second-order valence-electron chi connectivity index (χ2n) is 6.03. The van der Waals surface area contributed by atoms with Crippen LogP contribution in [0.1, 0.15) is 27.2 Å². The minimum Gasteiger partial charge on any atom is -0.319 e. The third kappa shape index (κ3) is 6.58. The van der Waals surface area contributed by atoms with Crippen LogP contribution in [0, 0.1) is 0 Å². The van der Waals surface area contributed by atoms with E-state index in [9.17, 15) is 0 Å². The first kappa shape index (κ1) is 17.1. The van der Waals surface area contributed by atoms with Gasteiger partial charge in [-0.3, -0.25) is 0 Å². The van der Waals surface area contributed by atoms with Crippen LogP contribution >= 0.6 is 0 Å². The Kier molecular flexibility index (Phi) is 8.34. The average molecular weight is 272 g/mol. The molecule has 0 unspecified atom stereocenters. The van der Waals surface area contributed by atoms with E-state index in [1.165, 1.54) is 43.3 Å². The van der Waals surface area contributed by atoms with Crippen molar-refractivity contribution in [3.63, 3.8) is 0 Å². The molecule has 1 nitrogen and oxygen atoms in total. The summed E-state index contributed by atoms with van der Waals surface area (Å²) in [4.78, 5) is 0. The number of hydrogen-bond donors (Lipinski definition) is 1. The molecule has 0 saturated carbocycles. The number of hydrogen-bond acceptors (Lipinski definition) is 1. The zero-order chi connectivity index (χ0) is 13.4. The van der Waals surface area contributed by atoms with Crippen LogP contribution in [0.5, 0.6) is 0 Å². The van der Waals surface area contributed by atoms with Crippen molar-refractivity contribution in [2.24, 2.45) is 0 Å². The average Bonchev–Trinajstić information content (AvgIpc) is 2.34. The standard InChI is InChI=1S/C14H33NSi2/c1-7-16(5,6)13-11-12-15-14-17(8-2,9-3)10-4/h7,15H,1,8-14H2,2-6H3. The van der Waals surface area contributed by atoms with Crippen molar-refractivity contribution in [2.75, 3.05) is 12.7 Å². The van der Waals surface area contributed by atoms with Crippen molar-refractivity contribution in [1.82, 2.24) is 5.32 Å². The van der Waals surface area contributed by atoms with E-state index in [1.54, 1.807) is 0 Å². The molecule has 0 atom stereocenters. The molecule has 0 radical (unpaired) electrons. The van der Waals surface area contributed by atoms with Crippen LogP contribution in [0.4, 0.5) is 0 Å². The zero-order valence-corrected chi connectivity index (χ0v) is 14.7. The Bertz CT molecular complexity index is 202. The summed E-state index contributed by atoms with van der Waals surface area (Å²) in [5, 5.41) is 3.73. The van der Waals surface area contributed by atoms with Crippen molar-refractivity contribution in [3.8, 4) is 0 Å². The van der Waals surface area contributed by atoms with E-state index in [0.29, 0.717) is 0 Å². The molecule has 0 heterocycles. The number of nitrogens with one attached hydrogen (secondary N) is 1. The normalized spacial score (nSPS) is 12.8. The summed E-state index contributed by atoms with van der Waals surface area (Å²) in [7, 11) is -2.00. The first-order valence-electron chi connectivity index (χ1n) is 7.29. The molecule has 0 fully saturated rings. The van der Waals surface area contributed by atoms with E-state index in [-0.39, 0.29) is 0 Å². The van der Waals surface area contributed by atoms with Crippen molar-refractivity contribution in [3.05, 3.63) is 12.3 Å². The van der Waals surface area contributed by atoms with E-state index in [4.69, 9.17) is 0 Å². The second-order valence-corrected chi connectivity index (χ2v) is 16.4. The monoisotopic (exact) mass is 271 g/mol. The molecule has 0 rings (SSSR count). The SMILES string of the molecule is C=C[Si](C)(C)CCCNC[Si](CC)(CC)CC. The molecule has 0 amide bonds. The fourth-order valence-corrected chi connectivity index (χ4v) is 6.50. The molecule has 0 aromatic carbocycles. The highest BCUT2D eigenvalue weighted by atomic mass is 28.3. The molecular weight excluding hydrogens is 238 g/mol.